The lowest BCUT2D eigenvalue weighted by Crippen LogP contribution is -1.83. The molecule has 0 aliphatic rings. The number of hydrogen-bond donors (Lipinski definition) is 1. The van der Waals surface area contributed by atoms with Crippen LogP contribution in [0.2, 0.25) is 0 Å². The number of nitrogens with one attached hydrogen (secondary N) is 1. The first-order chi connectivity index (χ1) is 6.79. The van der Waals surface area contributed by atoms with E-state index in [0.29, 0.717) is 0 Å². The van der Waals surface area contributed by atoms with Crippen molar-refractivity contribution in [1.29, 1.82) is 0 Å². The summed E-state index contributed by atoms with van der Waals surface area (Å²) in [6, 6.07) is 6.30. The molecule has 0 saturated carbocycles. The average molecular weight is 208 g/mol. The van der Waals surface area contributed by atoms with E-state index >= 15 is 0 Å². The molecule has 2 aromatic rings. The molecule has 1 N–H and O–H groups in total. The van der Waals surface area contributed by atoms with E-state index in [1.165, 1.54) is 10.3 Å². The molecular weight excluding hydrogens is 192 g/mol. The Balaban J connectivity index is 0.000000461. The van der Waals surface area contributed by atoms with Gasteiger partial charge in [0, 0.05) is 7.05 Å². The summed E-state index contributed by atoms with van der Waals surface area (Å²) in [7, 11) is 1.89. The van der Waals surface area contributed by atoms with E-state index in [1.807, 2.05) is 20.9 Å². The highest BCUT2D eigenvalue weighted by Crippen LogP contribution is 2.25. The average Bonchev–Trinajstić information content (AvgIpc) is 2.62. The summed E-state index contributed by atoms with van der Waals surface area (Å²) >= 11 is 1.69. The lowest BCUT2D eigenvalue weighted by Gasteiger charge is -1.88. The number of benzene rings is 1. The fourth-order valence-corrected chi connectivity index (χ4v) is 2.06. The maximum absolute atomic E-state index is 4.38. The highest BCUT2D eigenvalue weighted by Gasteiger charge is 2.00. The summed E-state index contributed by atoms with van der Waals surface area (Å²) in [4.78, 5) is 4.38. The van der Waals surface area contributed by atoms with Gasteiger partial charge >= 0.3 is 0 Å². The third kappa shape index (κ3) is 2.23. The van der Waals surface area contributed by atoms with E-state index < -0.39 is 0 Å². The van der Waals surface area contributed by atoms with E-state index in [1.54, 1.807) is 11.3 Å². The van der Waals surface area contributed by atoms with Crippen LogP contribution in [0.25, 0.3) is 10.2 Å². The van der Waals surface area contributed by atoms with Crippen molar-refractivity contribution < 1.29 is 0 Å². The van der Waals surface area contributed by atoms with Gasteiger partial charge in [-0.3, -0.25) is 0 Å². The molecular formula is C11H16N2S. The van der Waals surface area contributed by atoms with Crippen LogP contribution in [0.15, 0.2) is 18.2 Å². The van der Waals surface area contributed by atoms with Crippen LogP contribution in [0.4, 0.5) is 5.13 Å². The second-order valence-electron chi connectivity index (χ2n) is 2.74. The maximum Gasteiger partial charge on any atom is 0.183 e. The lowest BCUT2D eigenvalue weighted by molar-refractivity contribution is 1.41. The Morgan fingerprint density at radius 2 is 2.00 bits per heavy atom. The molecule has 3 heteroatoms. The van der Waals surface area contributed by atoms with Crippen molar-refractivity contribution >= 4 is 26.7 Å². The molecule has 76 valence electrons. The van der Waals surface area contributed by atoms with Crippen LogP contribution in [0.5, 0.6) is 0 Å². The van der Waals surface area contributed by atoms with Gasteiger partial charge in [0.2, 0.25) is 0 Å². The molecule has 0 aliphatic carbocycles. The van der Waals surface area contributed by atoms with Crippen molar-refractivity contribution in [3.05, 3.63) is 23.8 Å². The summed E-state index contributed by atoms with van der Waals surface area (Å²) in [6.45, 7) is 6.10. The normalized spacial score (nSPS) is 9.43. The number of fused-ring (bicyclic) bond motifs is 1. The number of aromatic nitrogens is 1. The van der Waals surface area contributed by atoms with Gasteiger partial charge in [0.25, 0.3) is 0 Å². The van der Waals surface area contributed by atoms with Gasteiger partial charge in [-0.15, -0.1) is 0 Å². The van der Waals surface area contributed by atoms with E-state index in [9.17, 15) is 0 Å². The highest BCUT2D eigenvalue weighted by molar-refractivity contribution is 7.22. The molecule has 0 aliphatic heterocycles. The molecule has 1 aromatic heterocycles. The second-order valence-corrected chi connectivity index (χ2v) is 3.77. The number of rotatable bonds is 1. The van der Waals surface area contributed by atoms with Gasteiger partial charge in [-0.2, -0.15) is 0 Å². The lowest BCUT2D eigenvalue weighted by atomic mass is 10.2. The van der Waals surface area contributed by atoms with Gasteiger partial charge in [-0.25, -0.2) is 4.98 Å². The van der Waals surface area contributed by atoms with E-state index in [0.717, 1.165) is 10.6 Å². The van der Waals surface area contributed by atoms with Crippen LogP contribution in [-0.4, -0.2) is 12.0 Å². The van der Waals surface area contributed by atoms with Crippen LogP contribution < -0.4 is 5.32 Å². The Morgan fingerprint density at radius 3 is 2.64 bits per heavy atom. The molecule has 0 unspecified atom stereocenters. The van der Waals surface area contributed by atoms with Gasteiger partial charge in [-0.05, 0) is 24.6 Å². The van der Waals surface area contributed by atoms with Gasteiger partial charge in [0.1, 0.15) is 0 Å². The van der Waals surface area contributed by atoms with Crippen molar-refractivity contribution in [2.45, 2.75) is 20.8 Å². The third-order valence-electron chi connectivity index (χ3n) is 1.76. The van der Waals surface area contributed by atoms with Crippen LogP contribution in [0.3, 0.4) is 0 Å². The molecule has 0 atom stereocenters. The molecule has 1 aromatic carbocycles. The molecule has 0 fully saturated rings. The van der Waals surface area contributed by atoms with Gasteiger partial charge in [0.15, 0.2) is 5.13 Å². The van der Waals surface area contributed by atoms with Crippen molar-refractivity contribution in [3.8, 4) is 0 Å². The minimum Gasteiger partial charge on any atom is -0.365 e. The Kier molecular flexibility index (Phi) is 3.89. The molecule has 0 spiro atoms. The van der Waals surface area contributed by atoms with E-state index in [4.69, 9.17) is 0 Å². The second kappa shape index (κ2) is 4.96. The Hall–Kier alpha value is -1.09. The zero-order chi connectivity index (χ0) is 10.6. The summed E-state index contributed by atoms with van der Waals surface area (Å²) in [5, 5.41) is 4.03. The fraction of sp³-hybridized carbons (Fsp3) is 0.364. The van der Waals surface area contributed by atoms with Crippen LogP contribution in [0, 0.1) is 6.92 Å². The quantitative estimate of drug-likeness (QED) is 0.773. The number of nitrogens with zero attached hydrogens (tertiary/aromatic N) is 1. The predicted octanol–water partition coefficient (Wildman–Crippen LogP) is 3.67. The fourth-order valence-electron chi connectivity index (χ4n) is 1.14. The van der Waals surface area contributed by atoms with Gasteiger partial charge in [0.05, 0.1) is 10.2 Å². The predicted molar refractivity (Wildman–Crippen MR) is 65.3 cm³/mol. The Bertz CT molecular complexity index is 407. The molecule has 0 saturated heterocycles. The smallest absolute Gasteiger partial charge is 0.183 e. The minimum atomic E-state index is 0.982. The largest absolute Gasteiger partial charge is 0.365 e. The first kappa shape index (κ1) is 11.0. The summed E-state index contributed by atoms with van der Waals surface area (Å²) in [5.74, 6) is 0. The molecule has 14 heavy (non-hydrogen) atoms. The molecule has 2 rings (SSSR count). The number of aryl methyl sites for hydroxylation is 1. The molecule has 2 nitrogen and oxygen atoms in total. The van der Waals surface area contributed by atoms with Gasteiger partial charge in [-0.1, -0.05) is 31.3 Å². The number of thiazole rings is 1. The monoisotopic (exact) mass is 208 g/mol. The maximum atomic E-state index is 4.38. The number of hydrogen-bond acceptors (Lipinski definition) is 3. The highest BCUT2D eigenvalue weighted by atomic mass is 32.1. The third-order valence-corrected chi connectivity index (χ3v) is 2.79. The van der Waals surface area contributed by atoms with Crippen LogP contribution >= 0.6 is 11.3 Å². The van der Waals surface area contributed by atoms with Crippen LogP contribution in [-0.2, 0) is 0 Å². The van der Waals surface area contributed by atoms with Crippen molar-refractivity contribution in [2.24, 2.45) is 0 Å². The van der Waals surface area contributed by atoms with Crippen LogP contribution in [0.1, 0.15) is 19.4 Å². The molecule has 0 bridgehead atoms. The van der Waals surface area contributed by atoms with Gasteiger partial charge < -0.3 is 5.32 Å². The number of anilines is 1. The van der Waals surface area contributed by atoms with Crippen molar-refractivity contribution in [2.75, 3.05) is 12.4 Å². The Labute approximate surface area is 89.0 Å². The topological polar surface area (TPSA) is 24.9 Å². The minimum absolute atomic E-state index is 0.982. The zero-order valence-electron chi connectivity index (χ0n) is 9.09. The summed E-state index contributed by atoms with van der Waals surface area (Å²) in [6.07, 6.45) is 0. The van der Waals surface area contributed by atoms with E-state index in [-0.39, 0.29) is 0 Å². The summed E-state index contributed by atoms with van der Waals surface area (Å²) < 4.78 is 1.25. The zero-order valence-corrected chi connectivity index (χ0v) is 9.90. The summed E-state index contributed by atoms with van der Waals surface area (Å²) in [5.41, 5.74) is 2.36. The first-order valence-electron chi connectivity index (χ1n) is 4.84. The molecule has 0 amide bonds. The SMILES string of the molecule is CC.CNc1nc2ccc(C)cc2s1. The standard InChI is InChI=1S/C9H10N2S.C2H6/c1-6-3-4-7-8(5-6)12-9(10-2)11-7;1-2/h3-5H,1-2H3,(H,10,11);1-2H3. The van der Waals surface area contributed by atoms with Crippen molar-refractivity contribution in [1.82, 2.24) is 4.98 Å². The molecule has 0 radical (unpaired) electrons. The first-order valence-corrected chi connectivity index (χ1v) is 5.66. The Morgan fingerprint density at radius 1 is 1.29 bits per heavy atom. The van der Waals surface area contributed by atoms with Crippen molar-refractivity contribution in [3.63, 3.8) is 0 Å². The van der Waals surface area contributed by atoms with E-state index in [2.05, 4.69) is 35.4 Å². The molecule has 1 heterocycles.